The van der Waals surface area contributed by atoms with Crippen LogP contribution in [-0.4, -0.2) is 37.0 Å². The van der Waals surface area contributed by atoms with Crippen molar-refractivity contribution in [2.75, 3.05) is 26.2 Å². The van der Waals surface area contributed by atoms with Crippen molar-refractivity contribution in [2.24, 2.45) is 0 Å². The summed E-state index contributed by atoms with van der Waals surface area (Å²) in [6.45, 7) is 8.30. The molecular weight excluding hydrogens is 300 g/mol. The minimum absolute atomic E-state index is 0.0447. The van der Waals surface area contributed by atoms with Gasteiger partial charge in [0.1, 0.15) is 12.4 Å². The summed E-state index contributed by atoms with van der Waals surface area (Å²) in [4.78, 5) is 14.4. The van der Waals surface area contributed by atoms with Crippen molar-refractivity contribution in [3.8, 4) is 5.75 Å². The van der Waals surface area contributed by atoms with Gasteiger partial charge in [-0.3, -0.25) is 4.79 Å². The van der Waals surface area contributed by atoms with Crippen LogP contribution in [-0.2, 0) is 6.61 Å². The van der Waals surface area contributed by atoms with Gasteiger partial charge in [-0.05, 0) is 42.9 Å². The van der Waals surface area contributed by atoms with E-state index < -0.39 is 0 Å². The van der Waals surface area contributed by atoms with Crippen LogP contribution in [0.4, 0.5) is 0 Å². The van der Waals surface area contributed by atoms with E-state index in [-0.39, 0.29) is 5.91 Å². The van der Waals surface area contributed by atoms with Crippen LogP contribution >= 0.6 is 0 Å². The van der Waals surface area contributed by atoms with E-state index >= 15 is 0 Å². The summed E-state index contributed by atoms with van der Waals surface area (Å²) in [6.07, 6.45) is 0. The number of carbonyl (C=O) groups excluding carboxylic acids is 1. The second-order valence-corrected chi connectivity index (χ2v) is 5.58. The summed E-state index contributed by atoms with van der Waals surface area (Å²) in [5, 5.41) is 2.95. The lowest BCUT2D eigenvalue weighted by Crippen LogP contribution is -2.34. The van der Waals surface area contributed by atoms with Crippen LogP contribution in [0.25, 0.3) is 0 Å². The summed E-state index contributed by atoms with van der Waals surface area (Å²) in [6, 6.07) is 17.3. The van der Waals surface area contributed by atoms with Gasteiger partial charge >= 0.3 is 0 Å². The highest BCUT2D eigenvalue weighted by atomic mass is 16.5. The number of rotatable bonds is 9. The molecular formula is C20H26N2O2. The maximum Gasteiger partial charge on any atom is 0.251 e. The molecule has 0 aliphatic carbocycles. The minimum Gasteiger partial charge on any atom is -0.489 e. The first-order valence-electron chi connectivity index (χ1n) is 8.50. The van der Waals surface area contributed by atoms with Gasteiger partial charge in [0, 0.05) is 18.7 Å². The van der Waals surface area contributed by atoms with Crippen LogP contribution < -0.4 is 10.1 Å². The van der Waals surface area contributed by atoms with Gasteiger partial charge in [-0.2, -0.15) is 0 Å². The minimum atomic E-state index is -0.0447. The van der Waals surface area contributed by atoms with Crippen LogP contribution in [0.15, 0.2) is 54.6 Å². The number of ether oxygens (including phenoxy) is 1. The topological polar surface area (TPSA) is 41.6 Å². The molecule has 0 bridgehead atoms. The van der Waals surface area contributed by atoms with Gasteiger partial charge in [-0.1, -0.05) is 44.2 Å². The molecule has 2 aromatic rings. The highest BCUT2D eigenvalue weighted by Crippen LogP contribution is 2.14. The highest BCUT2D eigenvalue weighted by molar-refractivity contribution is 5.94. The lowest BCUT2D eigenvalue weighted by molar-refractivity contribution is 0.0949. The average molecular weight is 326 g/mol. The molecule has 2 aromatic carbocycles. The molecule has 0 radical (unpaired) electrons. The van der Waals surface area contributed by atoms with E-state index in [1.165, 1.54) is 0 Å². The Morgan fingerprint density at radius 1 is 1.00 bits per heavy atom. The molecule has 0 aliphatic heterocycles. The molecule has 2 rings (SSSR count). The van der Waals surface area contributed by atoms with Crippen molar-refractivity contribution < 1.29 is 9.53 Å². The molecule has 0 spiro atoms. The van der Waals surface area contributed by atoms with Crippen molar-refractivity contribution in [3.05, 3.63) is 65.7 Å². The molecule has 24 heavy (non-hydrogen) atoms. The standard InChI is InChI=1S/C20H26N2O2/c1-3-22(4-2)15-14-21-20(23)18-10-12-19(13-11-18)24-16-17-8-6-5-7-9-17/h5-13H,3-4,14-16H2,1-2H3,(H,21,23). The Labute approximate surface area is 144 Å². The summed E-state index contributed by atoms with van der Waals surface area (Å²) in [5.74, 6) is 0.718. The molecule has 0 saturated heterocycles. The van der Waals surface area contributed by atoms with Gasteiger partial charge in [0.15, 0.2) is 0 Å². The number of nitrogens with one attached hydrogen (secondary N) is 1. The van der Waals surface area contributed by atoms with Crippen molar-refractivity contribution in [1.82, 2.24) is 10.2 Å². The average Bonchev–Trinajstić information content (AvgIpc) is 2.64. The Morgan fingerprint density at radius 2 is 1.67 bits per heavy atom. The second-order valence-electron chi connectivity index (χ2n) is 5.58. The molecule has 0 heterocycles. The maximum atomic E-state index is 12.1. The van der Waals surface area contributed by atoms with Gasteiger partial charge < -0.3 is 15.0 Å². The first-order chi connectivity index (χ1) is 11.7. The molecule has 0 unspecified atom stereocenters. The molecule has 4 nitrogen and oxygen atoms in total. The number of amides is 1. The van der Waals surface area contributed by atoms with Gasteiger partial charge in [0.25, 0.3) is 5.91 Å². The molecule has 128 valence electrons. The van der Waals surface area contributed by atoms with E-state index in [9.17, 15) is 4.79 Å². The third-order valence-corrected chi connectivity index (χ3v) is 3.97. The predicted octanol–water partition coefficient (Wildman–Crippen LogP) is 3.34. The zero-order chi connectivity index (χ0) is 17.2. The van der Waals surface area contributed by atoms with Gasteiger partial charge in [0.05, 0.1) is 0 Å². The van der Waals surface area contributed by atoms with Crippen LogP contribution in [0.2, 0.25) is 0 Å². The van der Waals surface area contributed by atoms with E-state index in [1.54, 1.807) is 12.1 Å². The third kappa shape index (κ3) is 5.70. The Morgan fingerprint density at radius 3 is 2.29 bits per heavy atom. The SMILES string of the molecule is CCN(CC)CCNC(=O)c1ccc(OCc2ccccc2)cc1. The highest BCUT2D eigenvalue weighted by Gasteiger charge is 2.06. The fourth-order valence-corrected chi connectivity index (χ4v) is 2.41. The zero-order valence-corrected chi connectivity index (χ0v) is 14.5. The zero-order valence-electron chi connectivity index (χ0n) is 14.5. The maximum absolute atomic E-state index is 12.1. The fraction of sp³-hybridized carbons (Fsp3) is 0.350. The Kier molecular flexibility index (Phi) is 7.30. The van der Waals surface area contributed by atoms with Crippen molar-refractivity contribution in [1.29, 1.82) is 0 Å². The number of benzene rings is 2. The molecule has 0 aliphatic rings. The largest absolute Gasteiger partial charge is 0.489 e. The van der Waals surface area contributed by atoms with Crippen LogP contribution in [0.1, 0.15) is 29.8 Å². The smallest absolute Gasteiger partial charge is 0.251 e. The number of carbonyl (C=O) groups is 1. The van der Waals surface area contributed by atoms with Gasteiger partial charge in [-0.15, -0.1) is 0 Å². The fourth-order valence-electron chi connectivity index (χ4n) is 2.41. The molecule has 0 atom stereocenters. The van der Waals surface area contributed by atoms with Crippen molar-refractivity contribution in [2.45, 2.75) is 20.5 Å². The molecule has 4 heteroatoms. The second kappa shape index (κ2) is 9.73. The molecule has 0 aromatic heterocycles. The first-order valence-corrected chi connectivity index (χ1v) is 8.50. The van der Waals surface area contributed by atoms with Gasteiger partial charge in [-0.25, -0.2) is 0 Å². The molecule has 0 saturated carbocycles. The van der Waals surface area contributed by atoms with E-state index in [4.69, 9.17) is 4.74 Å². The Hall–Kier alpha value is -2.33. The van der Waals surface area contributed by atoms with Gasteiger partial charge in [0.2, 0.25) is 0 Å². The number of likely N-dealkylation sites (N-methyl/N-ethyl adjacent to an activating group) is 1. The lowest BCUT2D eigenvalue weighted by Gasteiger charge is -2.17. The van der Waals surface area contributed by atoms with Crippen LogP contribution in [0, 0.1) is 0 Å². The van der Waals surface area contributed by atoms with Crippen molar-refractivity contribution in [3.63, 3.8) is 0 Å². The van der Waals surface area contributed by atoms with Crippen molar-refractivity contribution >= 4 is 5.91 Å². The van der Waals surface area contributed by atoms with Crippen LogP contribution in [0.3, 0.4) is 0 Å². The van der Waals surface area contributed by atoms with E-state index in [1.807, 2.05) is 42.5 Å². The van der Waals surface area contributed by atoms with E-state index in [0.717, 1.165) is 30.9 Å². The molecule has 1 N–H and O–H groups in total. The summed E-state index contributed by atoms with van der Waals surface area (Å²) < 4.78 is 5.73. The molecule has 1 amide bonds. The van der Waals surface area contributed by atoms with E-state index in [2.05, 4.69) is 24.1 Å². The number of hydrogen-bond donors (Lipinski definition) is 1. The third-order valence-electron chi connectivity index (χ3n) is 3.97. The number of hydrogen-bond acceptors (Lipinski definition) is 3. The summed E-state index contributed by atoms with van der Waals surface area (Å²) >= 11 is 0. The summed E-state index contributed by atoms with van der Waals surface area (Å²) in [5.41, 5.74) is 1.78. The monoisotopic (exact) mass is 326 g/mol. The normalized spacial score (nSPS) is 10.6. The van der Waals surface area contributed by atoms with Crippen LogP contribution in [0.5, 0.6) is 5.75 Å². The summed E-state index contributed by atoms with van der Waals surface area (Å²) in [7, 11) is 0. The Balaban J connectivity index is 1.79. The molecule has 0 fully saturated rings. The number of nitrogens with zero attached hydrogens (tertiary/aromatic N) is 1. The van der Waals surface area contributed by atoms with E-state index in [0.29, 0.717) is 18.7 Å². The first kappa shape index (κ1) is 18.0. The quantitative estimate of drug-likeness (QED) is 0.768. The predicted molar refractivity (Wildman–Crippen MR) is 97.3 cm³/mol. The Bertz CT molecular complexity index is 607. The lowest BCUT2D eigenvalue weighted by atomic mass is 10.2.